The number of hydrogen-bond donors (Lipinski definition) is 0. The van der Waals surface area contributed by atoms with Gasteiger partial charge in [-0.1, -0.05) is 23.9 Å². The molecule has 1 amide bonds. The maximum Gasteiger partial charge on any atom is 0.277 e. The van der Waals surface area contributed by atoms with E-state index in [1.165, 1.54) is 18.1 Å². The van der Waals surface area contributed by atoms with E-state index >= 15 is 0 Å². The summed E-state index contributed by atoms with van der Waals surface area (Å²) in [5.74, 6) is 0.473. The highest BCUT2D eigenvalue weighted by Crippen LogP contribution is 2.36. The van der Waals surface area contributed by atoms with Gasteiger partial charge >= 0.3 is 0 Å². The predicted molar refractivity (Wildman–Crippen MR) is 114 cm³/mol. The summed E-state index contributed by atoms with van der Waals surface area (Å²) in [5.41, 5.74) is 0.939. The fourth-order valence-corrected chi connectivity index (χ4v) is 5.20. The molecule has 0 aromatic carbocycles. The molecule has 4 aromatic heterocycles. The van der Waals surface area contributed by atoms with Gasteiger partial charge in [0.25, 0.3) is 11.1 Å². The molecular formula is C18H15N7O2S3. The van der Waals surface area contributed by atoms with Gasteiger partial charge in [0.1, 0.15) is 19.2 Å². The van der Waals surface area contributed by atoms with Gasteiger partial charge in [0.2, 0.25) is 5.89 Å². The SMILES string of the molecule is O=C(CSc1nnc(Cn2cncn2)o1)N1N=C(c2cccs2)CC1c1cccs1. The lowest BCUT2D eigenvalue weighted by Gasteiger charge is -2.20. The van der Waals surface area contributed by atoms with Crippen LogP contribution >= 0.6 is 34.4 Å². The van der Waals surface area contributed by atoms with E-state index in [1.54, 1.807) is 38.7 Å². The number of thiophene rings is 2. The van der Waals surface area contributed by atoms with Crippen LogP contribution in [0.1, 0.15) is 28.1 Å². The van der Waals surface area contributed by atoms with Crippen LogP contribution in [0.3, 0.4) is 0 Å². The van der Waals surface area contributed by atoms with Gasteiger partial charge in [-0.05, 0) is 22.9 Å². The van der Waals surface area contributed by atoms with Gasteiger partial charge in [0.05, 0.1) is 22.4 Å². The normalized spacial score (nSPS) is 16.2. The summed E-state index contributed by atoms with van der Waals surface area (Å²) in [6.07, 6.45) is 3.72. The van der Waals surface area contributed by atoms with Gasteiger partial charge in [-0.25, -0.2) is 14.7 Å². The summed E-state index contributed by atoms with van der Waals surface area (Å²) in [4.78, 5) is 19.1. The highest BCUT2D eigenvalue weighted by atomic mass is 32.2. The lowest BCUT2D eigenvalue weighted by Crippen LogP contribution is -2.28. The van der Waals surface area contributed by atoms with Gasteiger partial charge in [-0.2, -0.15) is 10.2 Å². The second kappa shape index (κ2) is 8.50. The molecule has 0 saturated carbocycles. The van der Waals surface area contributed by atoms with Crippen molar-refractivity contribution in [1.29, 1.82) is 0 Å². The first-order valence-corrected chi connectivity index (χ1v) is 11.7. The molecule has 1 unspecified atom stereocenters. The number of rotatable bonds is 7. The predicted octanol–water partition coefficient (Wildman–Crippen LogP) is 3.30. The number of nitrogens with zero attached hydrogens (tertiary/aromatic N) is 7. The van der Waals surface area contributed by atoms with Crippen LogP contribution in [0.4, 0.5) is 0 Å². The minimum atomic E-state index is -0.0963. The van der Waals surface area contributed by atoms with Crippen molar-refractivity contribution < 1.29 is 9.21 Å². The molecule has 5 rings (SSSR count). The first-order valence-electron chi connectivity index (χ1n) is 9.00. The third-order valence-electron chi connectivity index (χ3n) is 4.37. The Morgan fingerprint density at radius 3 is 2.90 bits per heavy atom. The molecule has 0 saturated heterocycles. The molecule has 0 spiro atoms. The Labute approximate surface area is 183 Å². The molecule has 5 heterocycles. The van der Waals surface area contributed by atoms with Crippen LogP contribution in [-0.2, 0) is 11.3 Å². The molecule has 1 aliphatic heterocycles. The quantitative estimate of drug-likeness (QED) is 0.392. The van der Waals surface area contributed by atoms with Crippen molar-refractivity contribution in [3.05, 3.63) is 63.3 Å². The summed E-state index contributed by atoms with van der Waals surface area (Å²) >= 11 is 4.47. The second-order valence-corrected chi connectivity index (χ2v) is 9.19. The van der Waals surface area contributed by atoms with Crippen molar-refractivity contribution in [3.63, 3.8) is 0 Å². The van der Waals surface area contributed by atoms with Crippen molar-refractivity contribution in [2.45, 2.75) is 24.2 Å². The average Bonchev–Trinajstić information content (AvgIpc) is 3.56. The lowest BCUT2D eigenvalue weighted by molar-refractivity contribution is -0.130. The van der Waals surface area contributed by atoms with E-state index in [0.717, 1.165) is 15.5 Å². The molecule has 0 aliphatic carbocycles. The maximum absolute atomic E-state index is 13.0. The number of carbonyl (C=O) groups is 1. The summed E-state index contributed by atoms with van der Waals surface area (Å²) in [7, 11) is 0. The number of amides is 1. The van der Waals surface area contributed by atoms with E-state index < -0.39 is 0 Å². The third-order valence-corrected chi connectivity index (χ3v) is 7.07. The first kappa shape index (κ1) is 19.2. The van der Waals surface area contributed by atoms with Gasteiger partial charge in [-0.3, -0.25) is 4.79 Å². The molecule has 30 heavy (non-hydrogen) atoms. The van der Waals surface area contributed by atoms with Gasteiger partial charge in [-0.15, -0.1) is 32.9 Å². The van der Waals surface area contributed by atoms with Gasteiger partial charge in [0, 0.05) is 11.3 Å². The van der Waals surface area contributed by atoms with Gasteiger partial charge in [0.15, 0.2) is 0 Å². The highest BCUT2D eigenvalue weighted by molar-refractivity contribution is 7.99. The third kappa shape index (κ3) is 4.06. The van der Waals surface area contributed by atoms with E-state index in [4.69, 9.17) is 4.42 Å². The first-order chi connectivity index (χ1) is 14.8. The van der Waals surface area contributed by atoms with E-state index in [2.05, 4.69) is 25.4 Å². The molecule has 0 bridgehead atoms. The molecule has 1 atom stereocenters. The zero-order chi connectivity index (χ0) is 20.3. The van der Waals surface area contributed by atoms with E-state index in [1.807, 2.05) is 35.0 Å². The van der Waals surface area contributed by atoms with Crippen molar-refractivity contribution in [2.75, 3.05) is 5.75 Å². The van der Waals surface area contributed by atoms with Crippen LogP contribution in [0.5, 0.6) is 0 Å². The highest BCUT2D eigenvalue weighted by Gasteiger charge is 2.34. The van der Waals surface area contributed by atoms with Crippen LogP contribution in [0, 0.1) is 0 Å². The Kier molecular flexibility index (Phi) is 5.43. The number of hydrazone groups is 1. The Morgan fingerprint density at radius 2 is 2.13 bits per heavy atom. The summed E-state index contributed by atoms with van der Waals surface area (Å²) in [6.45, 7) is 0.336. The standard InChI is InChI=1S/C18H15N7O2S3/c26-17(9-30-18-22-21-16(27-18)8-24-11-19-10-20-24)25-13(15-4-2-6-29-15)7-12(23-25)14-3-1-5-28-14/h1-6,10-11,13H,7-9H2. The van der Waals surface area contributed by atoms with Crippen molar-refractivity contribution >= 4 is 46.1 Å². The molecule has 152 valence electrons. The zero-order valence-electron chi connectivity index (χ0n) is 15.5. The second-order valence-electron chi connectivity index (χ2n) is 6.34. The minimum Gasteiger partial charge on any atom is -0.414 e. The smallest absolute Gasteiger partial charge is 0.277 e. The van der Waals surface area contributed by atoms with Crippen LogP contribution in [-0.4, -0.2) is 47.3 Å². The van der Waals surface area contributed by atoms with Crippen LogP contribution in [0.25, 0.3) is 0 Å². The van der Waals surface area contributed by atoms with Crippen molar-refractivity contribution in [2.24, 2.45) is 5.10 Å². The topological polar surface area (TPSA) is 102 Å². The molecule has 0 N–H and O–H groups in total. The summed E-state index contributed by atoms with van der Waals surface area (Å²) in [6, 6.07) is 7.99. The zero-order valence-corrected chi connectivity index (χ0v) is 17.9. The Bertz CT molecular complexity index is 1140. The Balaban J connectivity index is 1.27. The molecular weight excluding hydrogens is 442 g/mol. The van der Waals surface area contributed by atoms with Crippen LogP contribution in [0.15, 0.2) is 62.4 Å². The molecule has 9 nitrogen and oxygen atoms in total. The number of thioether (sulfide) groups is 1. The summed E-state index contributed by atoms with van der Waals surface area (Å²) < 4.78 is 7.19. The largest absolute Gasteiger partial charge is 0.414 e. The molecule has 0 radical (unpaired) electrons. The Morgan fingerprint density at radius 1 is 1.23 bits per heavy atom. The lowest BCUT2D eigenvalue weighted by atomic mass is 10.1. The van der Waals surface area contributed by atoms with E-state index in [0.29, 0.717) is 24.1 Å². The number of hydrogen-bond acceptors (Lipinski definition) is 10. The van der Waals surface area contributed by atoms with E-state index in [9.17, 15) is 4.79 Å². The minimum absolute atomic E-state index is 0.0826. The van der Waals surface area contributed by atoms with Crippen molar-refractivity contribution in [1.82, 2.24) is 30.0 Å². The van der Waals surface area contributed by atoms with Crippen LogP contribution < -0.4 is 0 Å². The fourth-order valence-electron chi connectivity index (χ4n) is 3.04. The fraction of sp³-hybridized carbons (Fsp3) is 0.222. The molecule has 1 aliphatic rings. The summed E-state index contributed by atoms with van der Waals surface area (Å²) in [5, 5.41) is 22.6. The molecule has 4 aromatic rings. The molecule has 0 fully saturated rings. The number of carbonyl (C=O) groups excluding carboxylic acids is 1. The number of aromatic nitrogens is 5. The monoisotopic (exact) mass is 457 g/mol. The Hall–Kier alpha value is -2.83. The van der Waals surface area contributed by atoms with Crippen molar-refractivity contribution in [3.8, 4) is 0 Å². The average molecular weight is 458 g/mol. The molecule has 12 heteroatoms. The maximum atomic E-state index is 13.0. The van der Waals surface area contributed by atoms with E-state index in [-0.39, 0.29) is 17.7 Å². The van der Waals surface area contributed by atoms with Crippen LogP contribution in [0.2, 0.25) is 0 Å². The van der Waals surface area contributed by atoms with Gasteiger partial charge < -0.3 is 4.42 Å².